The van der Waals surface area contributed by atoms with Crippen LogP contribution < -0.4 is 0 Å². The number of carbonyl (C=O) groups excluding carboxylic acids is 2. The van der Waals surface area contributed by atoms with Crippen molar-refractivity contribution < 1.29 is 34.4 Å². The first-order valence-corrected chi connectivity index (χ1v) is 22.4. The van der Waals surface area contributed by atoms with Gasteiger partial charge in [0, 0.05) is 18.9 Å². The van der Waals surface area contributed by atoms with Gasteiger partial charge in [0.05, 0.1) is 23.2 Å². The van der Waals surface area contributed by atoms with E-state index in [4.69, 9.17) is 9.47 Å². The first-order valence-electron chi connectivity index (χ1n) is 22.4. The minimum absolute atomic E-state index is 0.211. The van der Waals surface area contributed by atoms with Gasteiger partial charge in [-0.1, -0.05) is 90.1 Å². The zero-order valence-corrected chi connectivity index (χ0v) is 34.9. The molecule has 0 amide bonds. The molecular weight excluding hydrogens is 689 g/mol. The van der Waals surface area contributed by atoms with Crippen LogP contribution in [0.4, 0.5) is 0 Å². The van der Waals surface area contributed by atoms with Crippen molar-refractivity contribution in [1.82, 2.24) is 0 Å². The minimum Gasteiger partial charge on any atom is -0.462 e. The molecule has 1 spiro atoms. The van der Waals surface area contributed by atoms with Crippen LogP contribution in [0.2, 0.25) is 0 Å². The third-order valence-corrected chi connectivity index (χ3v) is 16.4. The number of aliphatic hydroxyl groups excluding tert-OH is 2. The van der Waals surface area contributed by atoms with Gasteiger partial charge in [-0.3, -0.25) is 4.79 Å². The van der Waals surface area contributed by atoms with Crippen LogP contribution in [0.15, 0.2) is 42.0 Å². The second-order valence-corrected chi connectivity index (χ2v) is 19.6. The van der Waals surface area contributed by atoms with Crippen LogP contribution in [0, 0.1) is 45.8 Å². The number of benzene rings is 1. The maximum atomic E-state index is 13.6. The highest BCUT2D eigenvalue weighted by atomic mass is 16.5. The van der Waals surface area contributed by atoms with Crippen molar-refractivity contribution in [3.63, 3.8) is 0 Å². The number of hydrogen-bond acceptors (Lipinski definition) is 7. The molecule has 0 aromatic heterocycles. The molecule has 0 radical (unpaired) electrons. The van der Waals surface area contributed by atoms with E-state index in [0.29, 0.717) is 49.4 Å². The maximum Gasteiger partial charge on any atom is 0.331 e. The average Bonchev–Trinajstić information content (AvgIpc) is 3.90. The number of unbranched alkanes of at least 4 members (excludes halogenated alkanes) is 2. The molecule has 1 aromatic carbocycles. The van der Waals surface area contributed by atoms with Gasteiger partial charge < -0.3 is 24.8 Å². The summed E-state index contributed by atoms with van der Waals surface area (Å²) < 4.78 is 11.6. The molecule has 4 saturated carbocycles. The SMILES string of the molecule is CCCCCC1CCCC12CCC(C1(C)CCC(O)C3(C(O)CCC(C)CCCc4ccccc4)C1C(OC(C)=O)CC(C)C3(O)CCC1=CC(=O)OC1)C2. The van der Waals surface area contributed by atoms with Crippen molar-refractivity contribution in [3.05, 3.63) is 47.5 Å². The number of fused-ring (bicyclic) bond motifs is 1. The van der Waals surface area contributed by atoms with E-state index < -0.39 is 35.2 Å². The average molecular weight is 763 g/mol. The summed E-state index contributed by atoms with van der Waals surface area (Å²) >= 11 is 0. The van der Waals surface area contributed by atoms with Gasteiger partial charge in [-0.05, 0) is 142 Å². The molecule has 1 aromatic rings. The van der Waals surface area contributed by atoms with Gasteiger partial charge in [-0.25, -0.2) is 4.79 Å². The Hall–Kier alpha value is -2.22. The number of esters is 2. The molecule has 6 rings (SSSR count). The van der Waals surface area contributed by atoms with Crippen molar-refractivity contribution in [2.75, 3.05) is 6.61 Å². The van der Waals surface area contributed by atoms with Gasteiger partial charge in [-0.15, -0.1) is 0 Å². The molecule has 1 aliphatic heterocycles. The number of carbonyl (C=O) groups is 2. The molecule has 308 valence electrons. The van der Waals surface area contributed by atoms with E-state index in [1.165, 1.54) is 69.9 Å². The lowest BCUT2D eigenvalue weighted by Crippen LogP contribution is -2.77. The van der Waals surface area contributed by atoms with Gasteiger partial charge in [0.2, 0.25) is 0 Å². The van der Waals surface area contributed by atoms with E-state index in [1.807, 2.05) is 13.0 Å². The van der Waals surface area contributed by atoms with E-state index in [9.17, 15) is 24.9 Å². The number of ether oxygens (including phenoxy) is 2. The second-order valence-electron chi connectivity index (χ2n) is 19.6. The van der Waals surface area contributed by atoms with Gasteiger partial charge in [0.1, 0.15) is 12.7 Å². The van der Waals surface area contributed by atoms with Gasteiger partial charge in [0.25, 0.3) is 0 Å². The first-order chi connectivity index (χ1) is 26.3. The zero-order valence-electron chi connectivity index (χ0n) is 34.9. The Kier molecular flexibility index (Phi) is 13.7. The number of aryl methyl sites for hydroxylation is 1. The molecule has 3 N–H and O–H groups in total. The quantitative estimate of drug-likeness (QED) is 0.107. The van der Waals surface area contributed by atoms with Crippen molar-refractivity contribution in [2.24, 2.45) is 45.8 Å². The Morgan fingerprint density at radius 3 is 2.51 bits per heavy atom. The standard InChI is InChI=1S/C48H74O7/c1-6-7-9-18-38-19-13-25-46(38)27-23-39(31-46)45(5)26-24-42(51)48(41(50)21-20-33(2)14-12-17-36-15-10-8-11-16-36)44(45)40(55-35(4)49)29-34(3)47(48,53)28-22-37-30-43(52)54-32-37/h8,10-11,15-16,30,33-34,38-42,44,50-51,53H,6-7,9,12-14,17-29,31-32H2,1-5H3. The largest absolute Gasteiger partial charge is 0.462 e. The monoisotopic (exact) mass is 763 g/mol. The predicted octanol–water partition coefficient (Wildman–Crippen LogP) is 9.68. The van der Waals surface area contributed by atoms with Crippen LogP contribution in [0.1, 0.15) is 162 Å². The Morgan fingerprint density at radius 2 is 1.80 bits per heavy atom. The molecule has 4 aliphatic carbocycles. The van der Waals surface area contributed by atoms with E-state index in [2.05, 4.69) is 45.0 Å². The highest BCUT2D eigenvalue weighted by molar-refractivity contribution is 5.85. The smallest absolute Gasteiger partial charge is 0.331 e. The van der Waals surface area contributed by atoms with Gasteiger partial charge in [-0.2, -0.15) is 0 Å². The summed E-state index contributed by atoms with van der Waals surface area (Å²) in [6.45, 7) is 10.6. The Labute approximate surface area is 332 Å². The van der Waals surface area contributed by atoms with Crippen LogP contribution in [0.5, 0.6) is 0 Å². The highest BCUT2D eigenvalue weighted by Gasteiger charge is 2.75. The molecule has 0 bridgehead atoms. The van der Waals surface area contributed by atoms with Crippen molar-refractivity contribution in [3.8, 4) is 0 Å². The molecule has 7 heteroatoms. The van der Waals surface area contributed by atoms with E-state index in [1.54, 1.807) is 0 Å². The highest BCUT2D eigenvalue weighted by Crippen LogP contribution is 2.71. The van der Waals surface area contributed by atoms with Crippen LogP contribution >= 0.6 is 0 Å². The van der Waals surface area contributed by atoms with Crippen LogP contribution in [0.3, 0.4) is 0 Å². The van der Waals surface area contributed by atoms with Gasteiger partial charge >= 0.3 is 11.9 Å². The van der Waals surface area contributed by atoms with E-state index in [-0.39, 0.29) is 29.9 Å². The molecule has 4 fully saturated rings. The number of hydrogen-bond donors (Lipinski definition) is 3. The maximum absolute atomic E-state index is 13.6. The van der Waals surface area contributed by atoms with Crippen molar-refractivity contribution >= 4 is 11.9 Å². The summed E-state index contributed by atoms with van der Waals surface area (Å²) in [6.07, 6.45) is 18.3. The van der Waals surface area contributed by atoms with Crippen LogP contribution in [-0.4, -0.2) is 57.8 Å². The first kappa shape index (κ1) is 42.4. The van der Waals surface area contributed by atoms with E-state index >= 15 is 0 Å². The summed E-state index contributed by atoms with van der Waals surface area (Å²) in [5.74, 6) is -0.0450. The number of rotatable bonds is 17. The molecule has 1 heterocycles. The van der Waals surface area contributed by atoms with E-state index in [0.717, 1.165) is 56.4 Å². The molecule has 12 atom stereocenters. The Morgan fingerprint density at radius 1 is 1.02 bits per heavy atom. The predicted molar refractivity (Wildman–Crippen MR) is 217 cm³/mol. The molecule has 0 saturated heterocycles. The summed E-state index contributed by atoms with van der Waals surface area (Å²) in [6, 6.07) is 10.6. The fourth-order valence-electron chi connectivity index (χ4n) is 13.6. The lowest BCUT2D eigenvalue weighted by atomic mass is 9.38. The fraction of sp³-hybridized carbons (Fsp3) is 0.792. The summed E-state index contributed by atoms with van der Waals surface area (Å²) in [4.78, 5) is 25.1. The van der Waals surface area contributed by atoms with Gasteiger partial charge in [0.15, 0.2) is 0 Å². The molecule has 12 unspecified atom stereocenters. The summed E-state index contributed by atoms with van der Waals surface area (Å²) in [5.41, 5.74) is -0.641. The van der Waals surface area contributed by atoms with Crippen LogP contribution in [0.25, 0.3) is 0 Å². The van der Waals surface area contributed by atoms with Crippen molar-refractivity contribution in [2.45, 2.75) is 187 Å². The topological polar surface area (TPSA) is 113 Å². The second kappa shape index (κ2) is 17.7. The lowest BCUT2D eigenvalue weighted by molar-refractivity contribution is -0.326. The Balaban J connectivity index is 1.35. The Bertz CT molecular complexity index is 1480. The zero-order chi connectivity index (χ0) is 39.4. The van der Waals surface area contributed by atoms with Crippen LogP contribution in [-0.2, 0) is 25.5 Å². The summed E-state index contributed by atoms with van der Waals surface area (Å²) in [5, 5.41) is 39.3. The molecule has 7 nitrogen and oxygen atoms in total. The lowest BCUT2D eigenvalue weighted by Gasteiger charge is -2.70. The third kappa shape index (κ3) is 8.37. The third-order valence-electron chi connectivity index (χ3n) is 16.4. The normalized spacial score (nSPS) is 38.4. The molecule has 5 aliphatic rings. The molecule has 55 heavy (non-hydrogen) atoms. The van der Waals surface area contributed by atoms with Crippen molar-refractivity contribution in [1.29, 1.82) is 0 Å². The summed E-state index contributed by atoms with van der Waals surface area (Å²) in [7, 11) is 0. The minimum atomic E-state index is -1.47. The fourth-order valence-corrected chi connectivity index (χ4v) is 13.6. The molecular formula is C48H74O7. The number of cyclic esters (lactones) is 1. The number of aliphatic hydroxyl groups is 3.